The first-order chi connectivity index (χ1) is 11.1. The second kappa shape index (κ2) is 6.76. The summed E-state index contributed by atoms with van der Waals surface area (Å²) in [4.78, 5) is 4.03. The highest BCUT2D eigenvalue weighted by molar-refractivity contribution is 7.88. The maximum atomic E-state index is 12.2. The summed E-state index contributed by atoms with van der Waals surface area (Å²) < 4.78 is 29.0. The SMILES string of the molecule is O=S(=O)(Cc1ccccc1)NCc1ccccc1-n1ccnc1. The van der Waals surface area contributed by atoms with Crippen LogP contribution in [0.15, 0.2) is 73.3 Å². The van der Waals surface area contributed by atoms with Crippen molar-refractivity contribution in [3.8, 4) is 5.69 Å². The Bertz CT molecular complexity index is 860. The van der Waals surface area contributed by atoms with Gasteiger partial charge in [0.25, 0.3) is 0 Å². The van der Waals surface area contributed by atoms with Gasteiger partial charge < -0.3 is 4.57 Å². The second-order valence-corrected chi connectivity index (χ2v) is 6.97. The quantitative estimate of drug-likeness (QED) is 0.756. The van der Waals surface area contributed by atoms with Gasteiger partial charge in [0.2, 0.25) is 10.0 Å². The molecule has 0 unspecified atom stereocenters. The van der Waals surface area contributed by atoms with E-state index in [0.717, 1.165) is 16.8 Å². The van der Waals surface area contributed by atoms with Crippen LogP contribution in [-0.4, -0.2) is 18.0 Å². The van der Waals surface area contributed by atoms with E-state index in [9.17, 15) is 8.42 Å². The lowest BCUT2D eigenvalue weighted by Crippen LogP contribution is -2.25. The summed E-state index contributed by atoms with van der Waals surface area (Å²) in [6.07, 6.45) is 5.21. The Balaban J connectivity index is 1.74. The van der Waals surface area contributed by atoms with E-state index in [4.69, 9.17) is 0 Å². The van der Waals surface area contributed by atoms with Gasteiger partial charge in [0.05, 0.1) is 17.8 Å². The largest absolute Gasteiger partial charge is 0.306 e. The molecular formula is C17H17N3O2S. The number of benzene rings is 2. The van der Waals surface area contributed by atoms with Crippen LogP contribution in [-0.2, 0) is 22.3 Å². The van der Waals surface area contributed by atoms with Gasteiger partial charge in [-0.05, 0) is 17.2 Å². The van der Waals surface area contributed by atoms with Crippen LogP contribution in [0.5, 0.6) is 0 Å². The molecule has 0 amide bonds. The smallest absolute Gasteiger partial charge is 0.216 e. The van der Waals surface area contributed by atoms with Crippen molar-refractivity contribution < 1.29 is 8.42 Å². The summed E-state index contributed by atoms with van der Waals surface area (Å²) >= 11 is 0. The first-order valence-corrected chi connectivity index (χ1v) is 8.87. The molecule has 0 radical (unpaired) electrons. The minimum atomic E-state index is -3.39. The molecule has 23 heavy (non-hydrogen) atoms. The van der Waals surface area contributed by atoms with E-state index in [1.54, 1.807) is 24.7 Å². The molecule has 3 rings (SSSR count). The predicted octanol–water partition coefficient (Wildman–Crippen LogP) is 2.49. The first-order valence-electron chi connectivity index (χ1n) is 7.21. The Labute approximate surface area is 135 Å². The Hall–Kier alpha value is -2.44. The van der Waals surface area contributed by atoms with E-state index < -0.39 is 10.0 Å². The van der Waals surface area contributed by atoms with E-state index in [2.05, 4.69) is 9.71 Å². The molecule has 1 aromatic heterocycles. The molecule has 2 aromatic carbocycles. The zero-order valence-electron chi connectivity index (χ0n) is 12.5. The molecule has 0 aliphatic carbocycles. The van der Waals surface area contributed by atoms with Gasteiger partial charge in [-0.3, -0.25) is 0 Å². The van der Waals surface area contributed by atoms with Gasteiger partial charge in [0, 0.05) is 18.9 Å². The number of rotatable bonds is 6. The van der Waals surface area contributed by atoms with Crippen molar-refractivity contribution in [3.63, 3.8) is 0 Å². The highest BCUT2D eigenvalue weighted by Crippen LogP contribution is 2.14. The summed E-state index contributed by atoms with van der Waals surface area (Å²) in [7, 11) is -3.39. The van der Waals surface area contributed by atoms with Crippen molar-refractivity contribution in [2.45, 2.75) is 12.3 Å². The van der Waals surface area contributed by atoms with Crippen LogP contribution in [0.4, 0.5) is 0 Å². The molecule has 0 atom stereocenters. The lowest BCUT2D eigenvalue weighted by Gasteiger charge is -2.11. The van der Waals surface area contributed by atoms with E-state index in [1.807, 2.05) is 53.2 Å². The fourth-order valence-corrected chi connectivity index (χ4v) is 3.45. The van der Waals surface area contributed by atoms with E-state index in [1.165, 1.54) is 0 Å². The lowest BCUT2D eigenvalue weighted by molar-refractivity contribution is 0.580. The number of para-hydroxylation sites is 1. The summed E-state index contributed by atoms with van der Waals surface area (Å²) in [5.41, 5.74) is 2.57. The van der Waals surface area contributed by atoms with Gasteiger partial charge in [0.1, 0.15) is 0 Å². The van der Waals surface area contributed by atoms with Crippen molar-refractivity contribution in [1.29, 1.82) is 0 Å². The third kappa shape index (κ3) is 4.06. The van der Waals surface area contributed by atoms with Crippen molar-refractivity contribution in [2.75, 3.05) is 0 Å². The summed E-state index contributed by atoms with van der Waals surface area (Å²) in [6, 6.07) is 16.8. The fraction of sp³-hybridized carbons (Fsp3) is 0.118. The van der Waals surface area contributed by atoms with Gasteiger partial charge >= 0.3 is 0 Å². The van der Waals surface area contributed by atoms with Crippen LogP contribution in [0.2, 0.25) is 0 Å². The van der Waals surface area contributed by atoms with Crippen LogP contribution in [0.1, 0.15) is 11.1 Å². The van der Waals surface area contributed by atoms with Crippen LogP contribution in [0.25, 0.3) is 5.69 Å². The number of hydrogen-bond acceptors (Lipinski definition) is 3. The minimum absolute atomic E-state index is 0.0267. The standard InChI is InChI=1S/C17H17N3O2S/c21-23(22,13-15-6-2-1-3-7-15)19-12-16-8-4-5-9-17(16)20-11-10-18-14-20/h1-11,14,19H,12-13H2. The van der Waals surface area contributed by atoms with Gasteiger partial charge in [-0.25, -0.2) is 18.1 Å². The molecule has 5 nitrogen and oxygen atoms in total. The average molecular weight is 327 g/mol. The normalized spacial score (nSPS) is 11.5. The molecule has 1 N–H and O–H groups in total. The molecule has 3 aromatic rings. The molecule has 0 aliphatic heterocycles. The number of aromatic nitrogens is 2. The Morgan fingerprint density at radius 2 is 1.74 bits per heavy atom. The second-order valence-electron chi connectivity index (χ2n) is 5.16. The topological polar surface area (TPSA) is 64.0 Å². The van der Waals surface area contributed by atoms with Crippen LogP contribution >= 0.6 is 0 Å². The zero-order chi connectivity index (χ0) is 16.1. The third-order valence-corrected chi connectivity index (χ3v) is 4.75. The minimum Gasteiger partial charge on any atom is -0.306 e. The molecule has 0 saturated carbocycles. The van der Waals surface area contributed by atoms with Crippen LogP contribution in [0, 0.1) is 0 Å². The molecule has 0 bridgehead atoms. The first kappa shape index (κ1) is 15.5. The van der Waals surface area contributed by atoms with Crippen molar-refractivity contribution >= 4 is 10.0 Å². The summed E-state index contributed by atoms with van der Waals surface area (Å²) in [5, 5.41) is 0. The van der Waals surface area contributed by atoms with Crippen LogP contribution in [0.3, 0.4) is 0 Å². The van der Waals surface area contributed by atoms with Gasteiger partial charge in [0.15, 0.2) is 0 Å². The summed E-state index contributed by atoms with van der Waals surface area (Å²) in [5.74, 6) is -0.0267. The fourth-order valence-electron chi connectivity index (χ4n) is 2.35. The molecule has 118 valence electrons. The van der Waals surface area contributed by atoms with E-state index in [-0.39, 0.29) is 12.3 Å². The van der Waals surface area contributed by atoms with Crippen molar-refractivity contribution in [2.24, 2.45) is 0 Å². The van der Waals surface area contributed by atoms with Gasteiger partial charge in [-0.15, -0.1) is 0 Å². The molecule has 6 heteroatoms. The Morgan fingerprint density at radius 3 is 2.48 bits per heavy atom. The van der Waals surface area contributed by atoms with Crippen molar-refractivity contribution in [1.82, 2.24) is 14.3 Å². The number of hydrogen-bond donors (Lipinski definition) is 1. The molecule has 0 saturated heterocycles. The molecule has 0 fully saturated rings. The highest BCUT2D eigenvalue weighted by atomic mass is 32.2. The van der Waals surface area contributed by atoms with E-state index >= 15 is 0 Å². The number of nitrogens with one attached hydrogen (secondary N) is 1. The lowest BCUT2D eigenvalue weighted by atomic mass is 10.2. The van der Waals surface area contributed by atoms with E-state index in [0.29, 0.717) is 0 Å². The van der Waals surface area contributed by atoms with Crippen LogP contribution < -0.4 is 4.72 Å². The Morgan fingerprint density at radius 1 is 1.00 bits per heavy atom. The van der Waals surface area contributed by atoms with Crippen molar-refractivity contribution in [3.05, 3.63) is 84.4 Å². The predicted molar refractivity (Wildman–Crippen MR) is 89.5 cm³/mol. The summed E-state index contributed by atoms with van der Waals surface area (Å²) in [6.45, 7) is 0.240. The average Bonchev–Trinajstić information content (AvgIpc) is 3.08. The van der Waals surface area contributed by atoms with Gasteiger partial charge in [-0.1, -0.05) is 48.5 Å². The zero-order valence-corrected chi connectivity index (χ0v) is 13.3. The molecular weight excluding hydrogens is 310 g/mol. The Kier molecular flexibility index (Phi) is 4.55. The maximum Gasteiger partial charge on any atom is 0.216 e. The number of imidazole rings is 1. The number of sulfonamides is 1. The molecule has 0 aliphatic rings. The molecule has 1 heterocycles. The number of nitrogens with zero attached hydrogens (tertiary/aromatic N) is 2. The van der Waals surface area contributed by atoms with Gasteiger partial charge in [-0.2, -0.15) is 0 Å². The molecule has 0 spiro atoms. The monoisotopic (exact) mass is 327 g/mol. The third-order valence-electron chi connectivity index (χ3n) is 3.46. The highest BCUT2D eigenvalue weighted by Gasteiger charge is 2.12. The maximum absolute atomic E-state index is 12.2.